The fourth-order valence-corrected chi connectivity index (χ4v) is 7.72. The minimum absolute atomic E-state index is 0.0507. The molecule has 0 unspecified atom stereocenters. The number of pyridine rings is 1. The largest absolute Gasteiger partial charge is 0.461 e. The van der Waals surface area contributed by atoms with Crippen LogP contribution in [0, 0.1) is 28.8 Å². The second-order valence-electron chi connectivity index (χ2n) is 12.7. The van der Waals surface area contributed by atoms with E-state index in [1.165, 1.54) is 24.4 Å². The van der Waals surface area contributed by atoms with Crippen LogP contribution in [0.2, 0.25) is 0 Å². The molecular formula is C35H32BrF4N7O2. The number of carbonyl (C=O) groups is 1. The van der Waals surface area contributed by atoms with Crippen molar-refractivity contribution in [2.24, 2.45) is 0 Å². The fourth-order valence-electron chi connectivity index (χ4n) is 7.53. The lowest BCUT2D eigenvalue weighted by Crippen LogP contribution is -2.55. The van der Waals surface area contributed by atoms with Gasteiger partial charge in [0.25, 0.3) is 0 Å². The molecule has 3 aliphatic heterocycles. The number of rotatable bonds is 8. The first kappa shape index (κ1) is 33.2. The number of hydrogen-bond acceptors (Lipinski definition) is 8. The van der Waals surface area contributed by atoms with Crippen LogP contribution >= 0.6 is 15.9 Å². The SMILES string of the molecule is N#CC[C@H]1CN(c2nc(OC[C@@]34CCCN3C[C@H](F)C4)nc3c(F)c(-c4cccc5ccc(F)c(F)c45)ncc23)CCN1C(=O)/C=C/CBr. The summed E-state index contributed by atoms with van der Waals surface area (Å²) in [5, 5.41) is 10.6. The molecule has 9 nitrogen and oxygen atoms in total. The summed E-state index contributed by atoms with van der Waals surface area (Å²) in [5.41, 5.74) is -0.845. The monoisotopic (exact) mass is 737 g/mol. The van der Waals surface area contributed by atoms with Crippen LogP contribution in [0.15, 0.2) is 48.7 Å². The third kappa shape index (κ3) is 6.07. The van der Waals surface area contributed by atoms with Gasteiger partial charge in [0.1, 0.15) is 29.8 Å². The summed E-state index contributed by atoms with van der Waals surface area (Å²) in [5.74, 6) is -3.01. The predicted molar refractivity (Wildman–Crippen MR) is 180 cm³/mol. The third-order valence-electron chi connectivity index (χ3n) is 9.81. The zero-order chi connectivity index (χ0) is 34.3. The van der Waals surface area contributed by atoms with Gasteiger partial charge >= 0.3 is 6.01 Å². The minimum Gasteiger partial charge on any atom is -0.461 e. The molecule has 5 heterocycles. The number of benzene rings is 2. The minimum atomic E-state index is -1.12. The highest BCUT2D eigenvalue weighted by Crippen LogP contribution is 2.41. The Morgan fingerprint density at radius 3 is 2.80 bits per heavy atom. The number of nitrogens with zero attached hydrogens (tertiary/aromatic N) is 7. The van der Waals surface area contributed by atoms with Gasteiger partial charge in [-0.3, -0.25) is 14.7 Å². The van der Waals surface area contributed by atoms with Crippen molar-refractivity contribution in [3.05, 3.63) is 66.1 Å². The number of alkyl halides is 2. The van der Waals surface area contributed by atoms with Crippen molar-refractivity contribution < 1.29 is 27.1 Å². The van der Waals surface area contributed by atoms with E-state index in [1.54, 1.807) is 23.1 Å². The van der Waals surface area contributed by atoms with E-state index < -0.39 is 35.2 Å². The smallest absolute Gasteiger partial charge is 0.319 e. The summed E-state index contributed by atoms with van der Waals surface area (Å²) in [6, 6.07) is 8.64. The molecule has 0 spiro atoms. The average Bonchev–Trinajstić information content (AvgIpc) is 3.63. The van der Waals surface area contributed by atoms with E-state index in [9.17, 15) is 18.8 Å². The quantitative estimate of drug-likeness (QED) is 0.122. The van der Waals surface area contributed by atoms with E-state index in [0.29, 0.717) is 30.2 Å². The molecule has 0 bridgehead atoms. The van der Waals surface area contributed by atoms with Gasteiger partial charge in [-0.05, 0) is 36.9 Å². The molecule has 0 aliphatic carbocycles. The van der Waals surface area contributed by atoms with Gasteiger partial charge in [-0.15, -0.1) is 0 Å². The van der Waals surface area contributed by atoms with E-state index in [1.807, 2.05) is 4.90 Å². The van der Waals surface area contributed by atoms with Crippen molar-refractivity contribution in [2.75, 3.05) is 49.6 Å². The summed E-state index contributed by atoms with van der Waals surface area (Å²) in [6.07, 6.45) is 5.57. The Hall–Kier alpha value is -4.35. The molecule has 3 saturated heterocycles. The number of piperazine rings is 1. The van der Waals surface area contributed by atoms with Crippen molar-refractivity contribution in [1.82, 2.24) is 24.8 Å². The number of fused-ring (bicyclic) bond motifs is 3. The summed E-state index contributed by atoms with van der Waals surface area (Å²) in [4.78, 5) is 32.1. The molecule has 7 rings (SSSR count). The molecule has 0 saturated carbocycles. The van der Waals surface area contributed by atoms with E-state index >= 15 is 8.78 Å². The Kier molecular flexibility index (Phi) is 9.15. The number of ether oxygens (including phenoxy) is 1. The number of anilines is 1. The molecule has 14 heteroatoms. The number of nitriles is 1. The number of halogens is 5. The molecule has 3 atom stereocenters. The summed E-state index contributed by atoms with van der Waals surface area (Å²) >= 11 is 3.28. The summed E-state index contributed by atoms with van der Waals surface area (Å²) in [6.45, 7) is 1.97. The van der Waals surface area contributed by atoms with Crippen molar-refractivity contribution in [3.63, 3.8) is 0 Å². The zero-order valence-electron chi connectivity index (χ0n) is 26.4. The normalized spacial score (nSPS) is 22.7. The van der Waals surface area contributed by atoms with Gasteiger partial charge in [0, 0.05) is 55.1 Å². The first-order chi connectivity index (χ1) is 23.7. The second-order valence-corrected chi connectivity index (χ2v) is 13.3. The highest BCUT2D eigenvalue weighted by molar-refractivity contribution is 9.09. The predicted octanol–water partition coefficient (Wildman–Crippen LogP) is 6.10. The van der Waals surface area contributed by atoms with Crippen LogP contribution in [0.4, 0.5) is 23.4 Å². The standard InChI is InChI=1S/C35H32BrF4N7O2/c36-11-2-6-27(48)47-15-14-45(19-23(47)9-12-41)33-25-17-42-31(24-5-1-4-21-7-8-26(38)29(39)28(21)24)30(40)32(25)43-34(44-33)49-20-35-10-3-13-46(35)18-22(37)16-35/h1-2,4-8,17,22-23H,3,9-11,13-16,18-20H2/b6-2+/t22-,23+,35+/m1/s1. The van der Waals surface area contributed by atoms with Crippen LogP contribution in [-0.4, -0.2) is 93.1 Å². The van der Waals surface area contributed by atoms with Crippen LogP contribution in [0.3, 0.4) is 0 Å². The van der Waals surface area contributed by atoms with Crippen LogP contribution in [0.5, 0.6) is 6.01 Å². The van der Waals surface area contributed by atoms with Gasteiger partial charge in [-0.1, -0.05) is 46.3 Å². The van der Waals surface area contributed by atoms with E-state index in [-0.39, 0.29) is 71.4 Å². The molecule has 49 heavy (non-hydrogen) atoms. The van der Waals surface area contributed by atoms with Gasteiger partial charge in [0.15, 0.2) is 17.5 Å². The molecule has 2 aromatic carbocycles. The Labute approximate surface area is 288 Å². The number of amides is 1. The van der Waals surface area contributed by atoms with Crippen LogP contribution in [0.1, 0.15) is 25.7 Å². The maximum atomic E-state index is 16.7. The molecule has 3 fully saturated rings. The molecule has 0 radical (unpaired) electrons. The van der Waals surface area contributed by atoms with E-state index in [2.05, 4.69) is 36.9 Å². The van der Waals surface area contributed by atoms with Gasteiger partial charge in [0.05, 0.1) is 29.5 Å². The maximum absolute atomic E-state index is 16.7. The number of hydrogen-bond donors (Lipinski definition) is 0. The highest BCUT2D eigenvalue weighted by Gasteiger charge is 2.49. The molecule has 1 amide bonds. The molecule has 3 aliphatic rings. The molecule has 2 aromatic heterocycles. The first-order valence-corrected chi connectivity index (χ1v) is 17.3. The van der Waals surface area contributed by atoms with Crippen molar-refractivity contribution in [3.8, 4) is 23.3 Å². The van der Waals surface area contributed by atoms with Gasteiger partial charge in [-0.2, -0.15) is 15.2 Å². The second kappa shape index (κ2) is 13.5. The molecule has 254 valence electrons. The zero-order valence-corrected chi connectivity index (χ0v) is 28.0. The van der Waals surface area contributed by atoms with Gasteiger partial charge in [0.2, 0.25) is 5.91 Å². The Morgan fingerprint density at radius 2 is 1.98 bits per heavy atom. The van der Waals surface area contributed by atoms with Crippen LogP contribution in [0.25, 0.3) is 32.9 Å². The van der Waals surface area contributed by atoms with Crippen LogP contribution in [-0.2, 0) is 4.79 Å². The number of allylic oxidation sites excluding steroid dienone is 1. The Morgan fingerprint density at radius 1 is 1.12 bits per heavy atom. The van der Waals surface area contributed by atoms with Crippen molar-refractivity contribution in [1.29, 1.82) is 5.26 Å². The van der Waals surface area contributed by atoms with E-state index in [4.69, 9.17) is 9.72 Å². The van der Waals surface area contributed by atoms with Gasteiger partial charge < -0.3 is 14.5 Å². The van der Waals surface area contributed by atoms with Crippen molar-refractivity contribution >= 4 is 49.3 Å². The van der Waals surface area contributed by atoms with Gasteiger partial charge in [-0.25, -0.2) is 17.6 Å². The maximum Gasteiger partial charge on any atom is 0.319 e. The topological polar surface area (TPSA) is 98.5 Å². The first-order valence-electron chi connectivity index (χ1n) is 16.1. The van der Waals surface area contributed by atoms with E-state index in [0.717, 1.165) is 25.5 Å². The number of aromatic nitrogens is 3. The molecule has 4 aromatic rings. The Bertz CT molecular complexity index is 2010. The highest BCUT2D eigenvalue weighted by atomic mass is 79.9. The Balaban J connectivity index is 1.32. The number of carbonyl (C=O) groups excluding carboxylic acids is 1. The molecular weight excluding hydrogens is 706 g/mol. The lowest BCUT2D eigenvalue weighted by Gasteiger charge is -2.41. The molecule has 0 N–H and O–H groups in total. The lowest BCUT2D eigenvalue weighted by molar-refractivity contribution is -0.128. The summed E-state index contributed by atoms with van der Waals surface area (Å²) in [7, 11) is 0. The van der Waals surface area contributed by atoms with Crippen molar-refractivity contribution in [2.45, 2.75) is 43.4 Å². The third-order valence-corrected chi connectivity index (χ3v) is 10.2. The lowest BCUT2D eigenvalue weighted by atomic mass is 9.95. The fraction of sp³-hybridized carbons (Fsp3) is 0.400. The average molecular weight is 739 g/mol. The summed E-state index contributed by atoms with van der Waals surface area (Å²) < 4.78 is 66.9. The van der Waals surface area contributed by atoms with Crippen LogP contribution < -0.4 is 9.64 Å².